The van der Waals surface area contributed by atoms with Crippen molar-refractivity contribution in [2.75, 3.05) is 6.54 Å². The Balaban J connectivity index is 2.63. The lowest BCUT2D eigenvalue weighted by atomic mass is 9.87. The van der Waals surface area contributed by atoms with Crippen LogP contribution in [-0.2, 0) is 0 Å². The molecule has 108 valence electrons. The van der Waals surface area contributed by atoms with Crippen LogP contribution in [0.25, 0.3) is 0 Å². The quantitative estimate of drug-likeness (QED) is 0.792. The van der Waals surface area contributed by atoms with Gasteiger partial charge in [-0.25, -0.2) is 0 Å². The van der Waals surface area contributed by atoms with Crippen LogP contribution in [0.15, 0.2) is 24.3 Å². The molecule has 0 saturated carbocycles. The van der Waals surface area contributed by atoms with Gasteiger partial charge in [0.05, 0.1) is 0 Å². The van der Waals surface area contributed by atoms with E-state index in [0.717, 1.165) is 6.54 Å². The van der Waals surface area contributed by atoms with Crippen LogP contribution < -0.4 is 5.32 Å². The zero-order chi connectivity index (χ0) is 14.6. The van der Waals surface area contributed by atoms with E-state index in [0.29, 0.717) is 17.8 Å². The molecule has 0 aliphatic heterocycles. The number of nitrogens with one attached hydrogen (secondary N) is 1. The highest BCUT2D eigenvalue weighted by Crippen LogP contribution is 2.25. The van der Waals surface area contributed by atoms with Gasteiger partial charge in [0.2, 0.25) is 0 Å². The molecule has 2 atom stereocenters. The van der Waals surface area contributed by atoms with E-state index in [1.165, 1.54) is 11.1 Å². The topological polar surface area (TPSA) is 12.0 Å². The minimum absolute atomic E-state index is 0.204. The van der Waals surface area contributed by atoms with Gasteiger partial charge in [-0.3, -0.25) is 0 Å². The predicted octanol–water partition coefficient (Wildman–Crippen LogP) is 4.94. The predicted molar refractivity (Wildman–Crippen MR) is 85.9 cm³/mol. The summed E-state index contributed by atoms with van der Waals surface area (Å²) in [5.74, 6) is 1.85. The van der Waals surface area contributed by atoms with Crippen LogP contribution in [0.1, 0.15) is 71.4 Å². The maximum absolute atomic E-state index is 3.60. The van der Waals surface area contributed by atoms with Crippen molar-refractivity contribution in [2.24, 2.45) is 5.92 Å². The Morgan fingerprint density at radius 2 is 1.37 bits per heavy atom. The molecule has 19 heavy (non-hydrogen) atoms. The summed E-state index contributed by atoms with van der Waals surface area (Å²) in [5, 5.41) is 3.60. The van der Waals surface area contributed by atoms with Crippen molar-refractivity contribution in [3.05, 3.63) is 35.4 Å². The summed E-state index contributed by atoms with van der Waals surface area (Å²) in [6.45, 7) is 16.9. The molecule has 0 aliphatic rings. The van der Waals surface area contributed by atoms with Crippen LogP contribution in [0.2, 0.25) is 0 Å². The number of rotatable bonds is 5. The van der Waals surface area contributed by atoms with Gasteiger partial charge in [-0.2, -0.15) is 0 Å². The van der Waals surface area contributed by atoms with Crippen LogP contribution in [-0.4, -0.2) is 12.1 Å². The lowest BCUT2D eigenvalue weighted by Gasteiger charge is -2.27. The van der Waals surface area contributed by atoms with E-state index in [-0.39, 0.29) is 5.54 Å². The Morgan fingerprint density at radius 1 is 0.895 bits per heavy atom. The lowest BCUT2D eigenvalue weighted by molar-refractivity contribution is 0.359. The molecule has 1 nitrogen and oxygen atoms in total. The average molecular weight is 261 g/mol. The van der Waals surface area contributed by atoms with E-state index >= 15 is 0 Å². The number of hydrogen-bond acceptors (Lipinski definition) is 1. The summed E-state index contributed by atoms with van der Waals surface area (Å²) in [7, 11) is 0. The highest BCUT2D eigenvalue weighted by molar-refractivity contribution is 5.27. The van der Waals surface area contributed by atoms with Crippen LogP contribution in [0, 0.1) is 5.92 Å². The standard InChI is InChI=1S/C18H31N/c1-13(2)16-8-10-17(11-9-16)15(4)14(3)12-19-18(5,6)7/h8-11,13-15,19H,12H2,1-7H3. The largest absolute Gasteiger partial charge is 0.312 e. The Kier molecular flexibility index (Phi) is 5.61. The molecule has 1 heteroatoms. The second-order valence-electron chi connectivity index (χ2n) is 7.22. The van der Waals surface area contributed by atoms with Gasteiger partial charge in [-0.15, -0.1) is 0 Å². The summed E-state index contributed by atoms with van der Waals surface area (Å²) >= 11 is 0. The van der Waals surface area contributed by atoms with Crippen molar-refractivity contribution in [2.45, 2.75) is 65.8 Å². The smallest absolute Gasteiger partial charge is 0.00966 e. The fraction of sp³-hybridized carbons (Fsp3) is 0.667. The molecule has 0 bridgehead atoms. The van der Waals surface area contributed by atoms with Crippen molar-refractivity contribution in [1.82, 2.24) is 5.32 Å². The molecule has 2 unspecified atom stereocenters. The normalized spacial score (nSPS) is 15.6. The summed E-state index contributed by atoms with van der Waals surface area (Å²) < 4.78 is 0. The van der Waals surface area contributed by atoms with Crippen molar-refractivity contribution in [3.63, 3.8) is 0 Å². The molecule has 1 rings (SSSR count). The Hall–Kier alpha value is -0.820. The average Bonchev–Trinajstić information content (AvgIpc) is 2.34. The van der Waals surface area contributed by atoms with Crippen molar-refractivity contribution >= 4 is 0 Å². The van der Waals surface area contributed by atoms with Crippen LogP contribution in [0.3, 0.4) is 0 Å². The fourth-order valence-corrected chi connectivity index (χ4v) is 2.16. The third-order valence-electron chi connectivity index (χ3n) is 3.94. The molecule has 0 amide bonds. The van der Waals surface area contributed by atoms with Crippen LogP contribution in [0.4, 0.5) is 0 Å². The Morgan fingerprint density at radius 3 is 1.79 bits per heavy atom. The van der Waals surface area contributed by atoms with Gasteiger partial charge >= 0.3 is 0 Å². The zero-order valence-corrected chi connectivity index (χ0v) is 13.7. The Bertz CT molecular complexity index is 370. The SMILES string of the molecule is CC(C)c1ccc(C(C)C(C)CNC(C)(C)C)cc1. The van der Waals surface area contributed by atoms with E-state index in [1.807, 2.05) is 0 Å². The fourth-order valence-electron chi connectivity index (χ4n) is 2.16. The van der Waals surface area contributed by atoms with Gasteiger partial charge in [-0.1, -0.05) is 52.0 Å². The van der Waals surface area contributed by atoms with E-state index in [1.54, 1.807) is 0 Å². The van der Waals surface area contributed by atoms with Gasteiger partial charge < -0.3 is 5.32 Å². The first-order valence-electron chi connectivity index (χ1n) is 7.55. The summed E-state index contributed by atoms with van der Waals surface area (Å²) in [4.78, 5) is 0. The summed E-state index contributed by atoms with van der Waals surface area (Å²) in [5.41, 5.74) is 3.08. The highest BCUT2D eigenvalue weighted by Gasteiger charge is 2.17. The first-order chi connectivity index (χ1) is 8.70. The second kappa shape index (κ2) is 6.56. The maximum atomic E-state index is 3.60. The van der Waals surface area contributed by atoms with E-state index < -0.39 is 0 Å². The summed E-state index contributed by atoms with van der Waals surface area (Å²) in [6.07, 6.45) is 0. The molecular formula is C18H31N. The van der Waals surface area contributed by atoms with Gasteiger partial charge in [-0.05, 0) is 56.2 Å². The first-order valence-corrected chi connectivity index (χ1v) is 7.55. The van der Waals surface area contributed by atoms with Gasteiger partial charge in [0.15, 0.2) is 0 Å². The van der Waals surface area contributed by atoms with Gasteiger partial charge in [0, 0.05) is 5.54 Å². The molecule has 1 aromatic carbocycles. The van der Waals surface area contributed by atoms with Crippen LogP contribution >= 0.6 is 0 Å². The lowest BCUT2D eigenvalue weighted by Crippen LogP contribution is -2.39. The Labute approximate surface area is 119 Å². The molecular weight excluding hydrogens is 230 g/mol. The molecule has 0 spiro atoms. The molecule has 0 heterocycles. The zero-order valence-electron chi connectivity index (χ0n) is 13.7. The van der Waals surface area contributed by atoms with Gasteiger partial charge in [0.1, 0.15) is 0 Å². The van der Waals surface area contributed by atoms with Gasteiger partial charge in [0.25, 0.3) is 0 Å². The maximum Gasteiger partial charge on any atom is 0.00966 e. The monoisotopic (exact) mass is 261 g/mol. The number of benzene rings is 1. The molecule has 0 fully saturated rings. The third kappa shape index (κ3) is 5.36. The second-order valence-corrected chi connectivity index (χ2v) is 7.22. The molecule has 1 aromatic rings. The van der Waals surface area contributed by atoms with E-state index in [4.69, 9.17) is 0 Å². The van der Waals surface area contributed by atoms with Crippen molar-refractivity contribution < 1.29 is 0 Å². The van der Waals surface area contributed by atoms with Crippen molar-refractivity contribution in [3.8, 4) is 0 Å². The third-order valence-corrected chi connectivity index (χ3v) is 3.94. The molecule has 0 saturated heterocycles. The van der Waals surface area contributed by atoms with E-state index in [9.17, 15) is 0 Å². The highest BCUT2D eigenvalue weighted by atomic mass is 14.9. The molecule has 0 aromatic heterocycles. The molecule has 1 N–H and O–H groups in total. The minimum Gasteiger partial charge on any atom is -0.312 e. The molecule has 0 aliphatic carbocycles. The first kappa shape index (κ1) is 16.2. The minimum atomic E-state index is 0.204. The molecule has 0 radical (unpaired) electrons. The van der Waals surface area contributed by atoms with Crippen molar-refractivity contribution in [1.29, 1.82) is 0 Å². The number of hydrogen-bond donors (Lipinski definition) is 1. The van der Waals surface area contributed by atoms with E-state index in [2.05, 4.69) is 78.0 Å². The summed E-state index contributed by atoms with van der Waals surface area (Å²) in [6, 6.07) is 9.15. The van der Waals surface area contributed by atoms with Crippen LogP contribution in [0.5, 0.6) is 0 Å².